The van der Waals surface area contributed by atoms with E-state index in [0.717, 1.165) is 16.2 Å². The molecule has 3 aromatic heterocycles. The summed E-state index contributed by atoms with van der Waals surface area (Å²) in [4.78, 5) is 20.8. The summed E-state index contributed by atoms with van der Waals surface area (Å²) in [7, 11) is 0. The summed E-state index contributed by atoms with van der Waals surface area (Å²) in [5, 5.41) is 8.35. The number of carbonyl (C=O) groups excluding carboxylic acids is 1. The Bertz CT molecular complexity index is 970. The topological polar surface area (TPSA) is 75.1 Å². The molecule has 6 nitrogen and oxygen atoms in total. The van der Waals surface area contributed by atoms with Crippen molar-refractivity contribution < 1.29 is 4.79 Å². The lowest BCUT2D eigenvalue weighted by molar-refractivity contribution is -0.121. The van der Waals surface area contributed by atoms with Crippen LogP contribution in [0, 0.1) is 0 Å². The first-order valence-electron chi connectivity index (χ1n) is 7.84. The van der Waals surface area contributed by atoms with Gasteiger partial charge < -0.3 is 10.3 Å². The zero-order chi connectivity index (χ0) is 16.5. The van der Waals surface area contributed by atoms with Crippen LogP contribution < -0.4 is 5.32 Å². The van der Waals surface area contributed by atoms with Crippen LogP contribution in [0.1, 0.15) is 30.6 Å². The number of carbonyl (C=O) groups is 1. The first-order valence-corrected chi connectivity index (χ1v) is 8.72. The molecule has 0 aliphatic heterocycles. The largest absolute Gasteiger partial charge is 0.361 e. The lowest BCUT2D eigenvalue weighted by Crippen LogP contribution is -2.27. The molecule has 0 radical (unpaired) electrons. The van der Waals surface area contributed by atoms with Crippen molar-refractivity contribution in [2.24, 2.45) is 0 Å². The van der Waals surface area contributed by atoms with Crippen LogP contribution in [-0.4, -0.2) is 25.5 Å². The molecule has 0 fully saturated rings. The molecule has 1 atom stereocenters. The molecule has 0 unspecified atom stereocenters. The number of aromatic amines is 1. The van der Waals surface area contributed by atoms with Crippen LogP contribution in [0.2, 0.25) is 0 Å². The maximum Gasteiger partial charge on any atom is 0.220 e. The summed E-state index contributed by atoms with van der Waals surface area (Å²) in [5.74, 6) is 0.0251. The number of nitrogens with zero attached hydrogens (tertiary/aromatic N) is 3. The number of hydrogen-bond donors (Lipinski definition) is 2. The highest BCUT2D eigenvalue weighted by molar-refractivity contribution is 7.14. The third kappa shape index (κ3) is 2.78. The van der Waals surface area contributed by atoms with Gasteiger partial charge in [0, 0.05) is 23.5 Å². The van der Waals surface area contributed by atoms with E-state index >= 15 is 0 Å². The second kappa shape index (κ2) is 6.09. The Morgan fingerprint density at radius 1 is 1.42 bits per heavy atom. The number of fused-ring (bicyclic) bond motifs is 2. The van der Waals surface area contributed by atoms with Gasteiger partial charge in [-0.05, 0) is 25.0 Å². The predicted molar refractivity (Wildman–Crippen MR) is 94.0 cm³/mol. The normalized spacial score (nSPS) is 12.7. The Kier molecular flexibility index (Phi) is 3.78. The summed E-state index contributed by atoms with van der Waals surface area (Å²) in [6.07, 6.45) is 5.00. The van der Waals surface area contributed by atoms with Gasteiger partial charge in [-0.1, -0.05) is 29.5 Å². The van der Waals surface area contributed by atoms with E-state index < -0.39 is 0 Å². The minimum atomic E-state index is -0.130. The third-order valence-electron chi connectivity index (χ3n) is 4.12. The first-order chi connectivity index (χ1) is 11.7. The minimum Gasteiger partial charge on any atom is -0.361 e. The second-order valence-electron chi connectivity index (χ2n) is 5.78. The van der Waals surface area contributed by atoms with Gasteiger partial charge >= 0.3 is 0 Å². The van der Waals surface area contributed by atoms with Crippen LogP contribution >= 0.6 is 11.3 Å². The zero-order valence-corrected chi connectivity index (χ0v) is 14.0. The average molecular weight is 339 g/mol. The average Bonchev–Trinajstić information content (AvgIpc) is 3.27. The fourth-order valence-corrected chi connectivity index (χ4v) is 3.45. The molecule has 0 bridgehead atoms. The Hall–Kier alpha value is -2.67. The molecule has 1 aromatic carbocycles. The maximum absolute atomic E-state index is 12.2. The van der Waals surface area contributed by atoms with Gasteiger partial charge in [0.1, 0.15) is 5.51 Å². The molecule has 0 aliphatic carbocycles. The van der Waals surface area contributed by atoms with Gasteiger partial charge in [0.2, 0.25) is 10.9 Å². The molecule has 24 heavy (non-hydrogen) atoms. The highest BCUT2D eigenvalue weighted by Crippen LogP contribution is 2.19. The van der Waals surface area contributed by atoms with Gasteiger partial charge in [0.15, 0.2) is 0 Å². The lowest BCUT2D eigenvalue weighted by Gasteiger charge is -2.11. The van der Waals surface area contributed by atoms with Crippen LogP contribution in [0.25, 0.3) is 15.9 Å². The molecule has 122 valence electrons. The highest BCUT2D eigenvalue weighted by Gasteiger charge is 2.14. The van der Waals surface area contributed by atoms with Crippen molar-refractivity contribution in [2.45, 2.75) is 25.8 Å². The molecule has 7 heteroatoms. The van der Waals surface area contributed by atoms with Crippen LogP contribution in [0.5, 0.6) is 0 Å². The van der Waals surface area contributed by atoms with Crippen LogP contribution in [0.3, 0.4) is 0 Å². The summed E-state index contributed by atoms with van der Waals surface area (Å²) in [5.41, 5.74) is 4.85. The van der Waals surface area contributed by atoms with Gasteiger partial charge in [-0.2, -0.15) is 5.10 Å². The highest BCUT2D eigenvalue weighted by atomic mass is 32.1. The van der Waals surface area contributed by atoms with E-state index in [-0.39, 0.29) is 11.9 Å². The molecule has 4 aromatic rings. The third-order valence-corrected chi connectivity index (χ3v) is 4.81. The van der Waals surface area contributed by atoms with Gasteiger partial charge in [-0.3, -0.25) is 4.79 Å². The van der Waals surface area contributed by atoms with E-state index in [9.17, 15) is 4.79 Å². The molecule has 3 heterocycles. The molecule has 1 amide bonds. The molecule has 0 aliphatic rings. The van der Waals surface area contributed by atoms with E-state index in [2.05, 4.69) is 26.4 Å². The number of H-pyrrole nitrogens is 1. The quantitative estimate of drug-likeness (QED) is 0.587. The smallest absolute Gasteiger partial charge is 0.220 e. The van der Waals surface area contributed by atoms with Crippen LogP contribution in [-0.2, 0) is 11.2 Å². The van der Waals surface area contributed by atoms with Crippen molar-refractivity contribution in [1.29, 1.82) is 0 Å². The van der Waals surface area contributed by atoms with Crippen LogP contribution in [0.15, 0.2) is 42.2 Å². The summed E-state index contributed by atoms with van der Waals surface area (Å²) < 4.78 is 1.73. The van der Waals surface area contributed by atoms with Crippen molar-refractivity contribution in [3.8, 4) is 0 Å². The van der Waals surface area contributed by atoms with E-state index in [4.69, 9.17) is 0 Å². The number of aryl methyl sites for hydroxylation is 1. The van der Waals surface area contributed by atoms with Crippen molar-refractivity contribution in [3.05, 3.63) is 53.4 Å². The second-order valence-corrected chi connectivity index (χ2v) is 6.59. The molecule has 0 saturated heterocycles. The SMILES string of the molecule is C[C@@H](NC(=O)CCc1c[nH]c2ccccc12)c1cn2ncsc2n1. The number of rotatable bonds is 5. The van der Waals surface area contributed by atoms with Gasteiger partial charge in [-0.25, -0.2) is 9.50 Å². The van der Waals surface area contributed by atoms with E-state index in [0.29, 0.717) is 12.8 Å². The molecular weight excluding hydrogens is 322 g/mol. The van der Waals surface area contributed by atoms with Crippen molar-refractivity contribution in [3.63, 3.8) is 0 Å². The number of amides is 1. The maximum atomic E-state index is 12.2. The molecule has 0 saturated carbocycles. The monoisotopic (exact) mass is 339 g/mol. The fraction of sp³-hybridized carbons (Fsp3) is 0.235. The molecule has 2 N–H and O–H groups in total. The van der Waals surface area contributed by atoms with E-state index in [1.807, 2.05) is 37.5 Å². The van der Waals surface area contributed by atoms with Crippen molar-refractivity contribution >= 4 is 33.1 Å². The Morgan fingerprint density at radius 2 is 2.29 bits per heavy atom. The summed E-state index contributed by atoms with van der Waals surface area (Å²) in [6, 6.07) is 8.00. The lowest BCUT2D eigenvalue weighted by atomic mass is 10.1. The number of nitrogens with one attached hydrogen (secondary N) is 2. The summed E-state index contributed by atoms with van der Waals surface area (Å²) in [6.45, 7) is 1.94. The van der Waals surface area contributed by atoms with Gasteiger partial charge in [0.05, 0.1) is 17.9 Å². The Labute approximate surface area is 142 Å². The molecular formula is C17H17N5OS. The van der Waals surface area contributed by atoms with Crippen molar-refractivity contribution in [1.82, 2.24) is 24.9 Å². The Balaban J connectivity index is 1.38. The number of aromatic nitrogens is 4. The number of para-hydroxylation sites is 1. The van der Waals surface area contributed by atoms with E-state index in [1.165, 1.54) is 22.3 Å². The van der Waals surface area contributed by atoms with E-state index in [1.54, 1.807) is 10.0 Å². The number of hydrogen-bond acceptors (Lipinski definition) is 4. The Morgan fingerprint density at radius 3 is 3.17 bits per heavy atom. The van der Waals surface area contributed by atoms with Gasteiger partial charge in [-0.15, -0.1) is 0 Å². The van der Waals surface area contributed by atoms with Gasteiger partial charge in [0.25, 0.3) is 0 Å². The van der Waals surface area contributed by atoms with Crippen LogP contribution in [0.4, 0.5) is 0 Å². The minimum absolute atomic E-state index is 0.0251. The predicted octanol–water partition coefficient (Wildman–Crippen LogP) is 3.08. The first kappa shape index (κ1) is 14.9. The standard InChI is InChI=1S/C17H17N5OS/c1-11(15-9-22-17(21-15)24-10-19-22)20-16(23)7-6-12-8-18-14-5-3-2-4-13(12)14/h2-5,8-11,18H,6-7H2,1H3,(H,20,23)/t11-/m1/s1. The van der Waals surface area contributed by atoms with Crippen molar-refractivity contribution in [2.75, 3.05) is 0 Å². The molecule has 0 spiro atoms. The number of imidazole rings is 1. The fourth-order valence-electron chi connectivity index (χ4n) is 2.84. The zero-order valence-electron chi connectivity index (χ0n) is 13.2. The molecule has 4 rings (SSSR count). The summed E-state index contributed by atoms with van der Waals surface area (Å²) >= 11 is 1.48. The number of benzene rings is 1.